The van der Waals surface area contributed by atoms with Gasteiger partial charge in [0.05, 0.1) is 12.2 Å². The predicted octanol–water partition coefficient (Wildman–Crippen LogP) is 6.20. The van der Waals surface area contributed by atoms with Crippen LogP contribution in [0.15, 0.2) is 11.6 Å². The Balaban J connectivity index is 1.38. The lowest BCUT2D eigenvalue weighted by molar-refractivity contribution is -0.162. The van der Waals surface area contributed by atoms with E-state index in [1.54, 1.807) is 6.92 Å². The van der Waals surface area contributed by atoms with Gasteiger partial charge in [-0.3, -0.25) is 0 Å². The summed E-state index contributed by atoms with van der Waals surface area (Å²) >= 11 is 0. The maximum atomic E-state index is 11.2. The number of carbonyl (C=O) groups is 1. The Hall–Kier alpha value is -0.870. The average molecular weight is 473 g/mol. The summed E-state index contributed by atoms with van der Waals surface area (Å²) < 4.78 is 0. The number of rotatable bonds is 5. The van der Waals surface area contributed by atoms with Crippen molar-refractivity contribution in [3.63, 3.8) is 0 Å². The summed E-state index contributed by atoms with van der Waals surface area (Å²) in [6.45, 7) is 13.7. The van der Waals surface area contributed by atoms with Gasteiger partial charge in [0.15, 0.2) is 0 Å². The van der Waals surface area contributed by atoms with Gasteiger partial charge in [0.1, 0.15) is 0 Å². The van der Waals surface area contributed by atoms with Crippen molar-refractivity contribution in [2.75, 3.05) is 0 Å². The van der Waals surface area contributed by atoms with E-state index in [9.17, 15) is 20.1 Å². The van der Waals surface area contributed by atoms with Gasteiger partial charge in [-0.25, -0.2) is 4.79 Å². The van der Waals surface area contributed by atoms with Crippen molar-refractivity contribution in [3.8, 4) is 0 Å². The molecule has 5 fully saturated rings. The molecule has 4 nitrogen and oxygen atoms in total. The maximum Gasteiger partial charge on any atom is 0.331 e. The molecule has 5 saturated carbocycles. The third-order valence-corrected chi connectivity index (χ3v) is 13.2. The van der Waals surface area contributed by atoms with Gasteiger partial charge in [-0.2, -0.15) is 0 Å². The van der Waals surface area contributed by atoms with Gasteiger partial charge < -0.3 is 15.3 Å². The Morgan fingerprint density at radius 2 is 1.59 bits per heavy atom. The van der Waals surface area contributed by atoms with Crippen LogP contribution in [-0.2, 0) is 4.79 Å². The summed E-state index contributed by atoms with van der Waals surface area (Å²) in [6.07, 6.45) is 12.7. The first-order valence-electron chi connectivity index (χ1n) is 14.0. The first kappa shape index (κ1) is 24.8. The second-order valence-electron chi connectivity index (χ2n) is 14.5. The molecule has 34 heavy (non-hydrogen) atoms. The van der Waals surface area contributed by atoms with Crippen molar-refractivity contribution < 1.29 is 20.1 Å². The molecule has 5 aliphatic rings. The molecule has 0 aromatic rings. The minimum absolute atomic E-state index is 0.0405. The second-order valence-corrected chi connectivity index (χ2v) is 14.5. The molecule has 0 bridgehead atoms. The van der Waals surface area contributed by atoms with E-state index in [0.29, 0.717) is 40.4 Å². The van der Waals surface area contributed by atoms with E-state index in [1.165, 1.54) is 57.4 Å². The van der Waals surface area contributed by atoms with Crippen LogP contribution < -0.4 is 0 Å². The van der Waals surface area contributed by atoms with Crippen LogP contribution in [0.25, 0.3) is 0 Å². The molecule has 5 rings (SSSR count). The highest BCUT2D eigenvalue weighted by atomic mass is 16.4. The molecule has 10 atom stereocenters. The van der Waals surface area contributed by atoms with Crippen LogP contribution in [-0.4, -0.2) is 33.5 Å². The number of hydrogen-bond donors (Lipinski definition) is 3. The lowest BCUT2D eigenvalue weighted by Crippen LogP contribution is -2.57. The molecule has 4 heteroatoms. The lowest BCUT2D eigenvalue weighted by Gasteiger charge is -2.63. The SMILES string of the molecule is C/C(=C\C(O)C[C@@H](C)[C@H]1CC[C@@]2(C)[C@@H]3CC[C@H]4C(C)(C)[C@@H](O)CC[C@@]45C[C@@]35CC[C@]12C)C(=O)O. The number of carboxylic acid groups (broad SMARTS) is 1. The van der Waals surface area contributed by atoms with E-state index in [1.807, 2.05) is 0 Å². The van der Waals surface area contributed by atoms with Crippen molar-refractivity contribution in [2.45, 2.75) is 118 Å². The topological polar surface area (TPSA) is 77.8 Å². The molecular formula is C30H48O4. The van der Waals surface area contributed by atoms with Crippen LogP contribution in [0.5, 0.6) is 0 Å². The molecule has 0 saturated heterocycles. The molecule has 192 valence electrons. The Morgan fingerprint density at radius 1 is 0.941 bits per heavy atom. The van der Waals surface area contributed by atoms with Crippen molar-refractivity contribution in [2.24, 2.45) is 50.7 Å². The van der Waals surface area contributed by atoms with Gasteiger partial charge in [0.25, 0.3) is 0 Å². The Bertz CT molecular complexity index is 892. The maximum absolute atomic E-state index is 11.2. The van der Waals surface area contributed by atoms with E-state index in [2.05, 4.69) is 34.6 Å². The second kappa shape index (κ2) is 7.57. The van der Waals surface area contributed by atoms with Gasteiger partial charge in [-0.05, 0) is 128 Å². The van der Waals surface area contributed by atoms with Crippen LogP contribution in [0.1, 0.15) is 106 Å². The summed E-state index contributed by atoms with van der Waals surface area (Å²) in [5, 5.41) is 30.6. The van der Waals surface area contributed by atoms with Crippen molar-refractivity contribution in [1.29, 1.82) is 0 Å². The van der Waals surface area contributed by atoms with Gasteiger partial charge in [0, 0.05) is 5.57 Å². The highest BCUT2D eigenvalue weighted by Crippen LogP contribution is 2.89. The fourth-order valence-corrected chi connectivity index (χ4v) is 11.3. The van der Waals surface area contributed by atoms with Gasteiger partial charge in [-0.1, -0.05) is 34.6 Å². The third-order valence-electron chi connectivity index (χ3n) is 13.2. The largest absolute Gasteiger partial charge is 0.478 e. The van der Waals surface area contributed by atoms with E-state index in [0.717, 1.165) is 12.3 Å². The van der Waals surface area contributed by atoms with Gasteiger partial charge in [0.2, 0.25) is 0 Å². The first-order chi connectivity index (χ1) is 15.8. The van der Waals surface area contributed by atoms with Gasteiger partial charge in [-0.15, -0.1) is 0 Å². The quantitative estimate of drug-likeness (QED) is 0.416. The summed E-state index contributed by atoms with van der Waals surface area (Å²) in [5.74, 6) is 1.47. The number of fused-ring (bicyclic) bond motifs is 2. The fraction of sp³-hybridized carbons (Fsp3) is 0.900. The molecule has 2 spiro atoms. The number of hydrogen-bond acceptors (Lipinski definition) is 3. The van der Waals surface area contributed by atoms with Crippen LogP contribution in [0.2, 0.25) is 0 Å². The molecule has 0 aliphatic heterocycles. The molecule has 0 amide bonds. The molecule has 0 radical (unpaired) electrons. The Labute approximate surface area is 206 Å². The highest BCUT2D eigenvalue weighted by Gasteiger charge is 2.82. The summed E-state index contributed by atoms with van der Waals surface area (Å²) in [4.78, 5) is 11.2. The summed E-state index contributed by atoms with van der Waals surface area (Å²) in [7, 11) is 0. The minimum atomic E-state index is -0.947. The van der Waals surface area contributed by atoms with E-state index >= 15 is 0 Å². The third kappa shape index (κ3) is 3.00. The van der Waals surface area contributed by atoms with Crippen LogP contribution in [0, 0.1) is 50.7 Å². The number of carboxylic acids is 1. The van der Waals surface area contributed by atoms with Crippen LogP contribution in [0.3, 0.4) is 0 Å². The standard InChI is InChI=1S/C30H48O4/c1-18(15-20(31)16-19(2)25(33)34)21-9-11-28(6)23-8-7-22-26(3,4)24(32)10-12-29(22)17-30(23,29)14-13-27(21,28)5/h16,18,20-24,31-32H,7-15,17H2,1-6H3,(H,33,34)/b19-16+/t18-,20?,21-,22+,23+,24+,27-,28+,29-,30+/m1/s1. The van der Waals surface area contributed by atoms with E-state index in [-0.39, 0.29) is 22.5 Å². The lowest BCUT2D eigenvalue weighted by atomic mass is 9.41. The van der Waals surface area contributed by atoms with Crippen molar-refractivity contribution >= 4 is 5.97 Å². The monoisotopic (exact) mass is 472 g/mol. The molecule has 3 N–H and O–H groups in total. The zero-order valence-electron chi connectivity index (χ0n) is 22.4. The predicted molar refractivity (Wildman–Crippen MR) is 134 cm³/mol. The zero-order valence-corrected chi connectivity index (χ0v) is 22.4. The summed E-state index contributed by atoms with van der Waals surface area (Å²) in [6, 6.07) is 0. The van der Waals surface area contributed by atoms with E-state index in [4.69, 9.17) is 0 Å². The molecule has 1 unspecified atom stereocenters. The van der Waals surface area contributed by atoms with Gasteiger partial charge >= 0.3 is 5.97 Å². The fourth-order valence-electron chi connectivity index (χ4n) is 11.3. The van der Waals surface area contributed by atoms with Crippen molar-refractivity contribution in [3.05, 3.63) is 11.6 Å². The molecule has 5 aliphatic carbocycles. The summed E-state index contributed by atoms with van der Waals surface area (Å²) in [5.41, 5.74) is 1.88. The molecule has 0 aromatic carbocycles. The number of aliphatic hydroxyl groups excluding tert-OH is 2. The molecule has 0 heterocycles. The average Bonchev–Trinajstić information content (AvgIpc) is 3.33. The number of aliphatic carboxylic acids is 1. The highest BCUT2D eigenvalue weighted by molar-refractivity contribution is 5.85. The molecule has 0 aromatic heterocycles. The molecular weight excluding hydrogens is 424 g/mol. The smallest absolute Gasteiger partial charge is 0.331 e. The first-order valence-corrected chi connectivity index (χ1v) is 14.0. The van der Waals surface area contributed by atoms with Crippen molar-refractivity contribution in [1.82, 2.24) is 0 Å². The van der Waals surface area contributed by atoms with E-state index < -0.39 is 12.1 Å². The normalized spacial score (nSPS) is 50.9. The zero-order chi connectivity index (χ0) is 24.9. The van der Waals surface area contributed by atoms with Crippen LogP contribution in [0.4, 0.5) is 0 Å². The Kier molecular flexibility index (Phi) is 5.52. The minimum Gasteiger partial charge on any atom is -0.478 e. The van der Waals surface area contributed by atoms with Crippen LogP contribution >= 0.6 is 0 Å². The Morgan fingerprint density at radius 3 is 2.26 bits per heavy atom. The number of aliphatic hydroxyl groups is 2.